The van der Waals surface area contributed by atoms with Gasteiger partial charge in [-0.1, -0.05) is 57.0 Å². The van der Waals surface area contributed by atoms with E-state index in [9.17, 15) is 0 Å². The molecule has 4 heteroatoms. The van der Waals surface area contributed by atoms with E-state index in [1.165, 1.54) is 38.5 Å². The third-order valence-corrected chi connectivity index (χ3v) is 4.03. The van der Waals surface area contributed by atoms with E-state index in [-0.39, 0.29) is 0 Å². The van der Waals surface area contributed by atoms with E-state index in [1.807, 2.05) is 12.1 Å². The average molecular weight is 333 g/mol. The van der Waals surface area contributed by atoms with Gasteiger partial charge in [0, 0.05) is 5.88 Å². The van der Waals surface area contributed by atoms with Gasteiger partial charge in [0.2, 0.25) is 0 Å². The summed E-state index contributed by atoms with van der Waals surface area (Å²) in [7, 11) is 1.62. The summed E-state index contributed by atoms with van der Waals surface area (Å²) in [6.45, 7) is 2.91. The number of hydrogen-bond donors (Lipinski definition) is 0. The Hall–Kier alpha value is -0.600. The number of methoxy groups -OCH3 is 1. The van der Waals surface area contributed by atoms with Gasteiger partial charge in [0.25, 0.3) is 0 Å². The highest BCUT2D eigenvalue weighted by molar-refractivity contribution is 6.32. The molecule has 0 saturated carbocycles. The zero-order valence-corrected chi connectivity index (χ0v) is 14.6. The van der Waals surface area contributed by atoms with Crippen molar-refractivity contribution in [2.45, 2.75) is 57.7 Å². The Labute approximate surface area is 138 Å². The summed E-state index contributed by atoms with van der Waals surface area (Å²) in [4.78, 5) is 0. The van der Waals surface area contributed by atoms with E-state index < -0.39 is 0 Å². The molecule has 0 aliphatic rings. The molecule has 0 atom stereocenters. The van der Waals surface area contributed by atoms with Gasteiger partial charge in [-0.25, -0.2) is 0 Å². The zero-order valence-electron chi connectivity index (χ0n) is 13.1. The maximum absolute atomic E-state index is 6.23. The fourth-order valence-electron chi connectivity index (χ4n) is 2.22. The molecule has 0 unspecified atom stereocenters. The normalized spacial score (nSPS) is 10.7. The van der Waals surface area contributed by atoms with Crippen LogP contribution in [-0.2, 0) is 5.88 Å². The van der Waals surface area contributed by atoms with Crippen LogP contribution >= 0.6 is 23.2 Å². The first kappa shape index (κ1) is 18.4. The van der Waals surface area contributed by atoms with Gasteiger partial charge in [-0.15, -0.1) is 11.6 Å². The van der Waals surface area contributed by atoms with Crippen LogP contribution in [-0.4, -0.2) is 13.7 Å². The van der Waals surface area contributed by atoms with Crippen LogP contribution in [0, 0.1) is 0 Å². The standard InChI is InChI=1S/C17H26Cl2O2/c1-3-4-5-6-7-8-9-10-21-17-15(19)11-14(13-18)12-16(17)20-2/h11-12H,3-10,13H2,1-2H3. The first-order valence-electron chi connectivity index (χ1n) is 7.78. The molecule has 0 saturated heterocycles. The summed E-state index contributed by atoms with van der Waals surface area (Å²) in [6, 6.07) is 3.70. The molecule has 0 spiro atoms. The van der Waals surface area contributed by atoms with Gasteiger partial charge in [-0.05, 0) is 24.1 Å². The predicted octanol–water partition coefficient (Wildman–Crippen LogP) is 6.22. The molecule has 120 valence electrons. The van der Waals surface area contributed by atoms with Crippen molar-refractivity contribution in [3.8, 4) is 11.5 Å². The third kappa shape index (κ3) is 6.80. The highest BCUT2D eigenvalue weighted by atomic mass is 35.5. The number of ether oxygens (including phenoxy) is 2. The molecule has 0 N–H and O–H groups in total. The largest absolute Gasteiger partial charge is 0.493 e. The molecule has 0 heterocycles. The lowest BCUT2D eigenvalue weighted by Gasteiger charge is -2.13. The van der Waals surface area contributed by atoms with Gasteiger partial charge in [0.15, 0.2) is 11.5 Å². The summed E-state index contributed by atoms with van der Waals surface area (Å²) in [5.74, 6) is 1.69. The number of unbranched alkanes of at least 4 members (excludes halogenated alkanes) is 6. The maximum atomic E-state index is 6.23. The van der Waals surface area contributed by atoms with Gasteiger partial charge >= 0.3 is 0 Å². The second-order valence-electron chi connectivity index (χ2n) is 5.21. The number of rotatable bonds is 11. The highest BCUT2D eigenvalue weighted by Gasteiger charge is 2.11. The van der Waals surface area contributed by atoms with Crippen molar-refractivity contribution in [2.24, 2.45) is 0 Å². The van der Waals surface area contributed by atoms with Crippen LogP contribution < -0.4 is 9.47 Å². The third-order valence-electron chi connectivity index (χ3n) is 3.44. The van der Waals surface area contributed by atoms with Crippen molar-refractivity contribution in [3.63, 3.8) is 0 Å². The van der Waals surface area contributed by atoms with Crippen molar-refractivity contribution >= 4 is 23.2 Å². The molecule has 0 bridgehead atoms. The van der Waals surface area contributed by atoms with Gasteiger partial charge in [-0.2, -0.15) is 0 Å². The maximum Gasteiger partial charge on any atom is 0.179 e. The predicted molar refractivity (Wildman–Crippen MR) is 91.0 cm³/mol. The lowest BCUT2D eigenvalue weighted by molar-refractivity contribution is 0.284. The Morgan fingerprint density at radius 3 is 2.29 bits per heavy atom. The Morgan fingerprint density at radius 2 is 1.67 bits per heavy atom. The van der Waals surface area contributed by atoms with Crippen molar-refractivity contribution < 1.29 is 9.47 Å². The SMILES string of the molecule is CCCCCCCCCOc1c(Cl)cc(CCl)cc1OC. The van der Waals surface area contributed by atoms with Gasteiger partial charge in [0.05, 0.1) is 18.7 Å². The second kappa shape index (κ2) is 11.0. The molecule has 0 aromatic heterocycles. The molecule has 0 radical (unpaired) electrons. The van der Waals surface area contributed by atoms with Crippen molar-refractivity contribution in [2.75, 3.05) is 13.7 Å². The minimum atomic E-state index is 0.411. The van der Waals surface area contributed by atoms with Crippen LogP contribution in [0.25, 0.3) is 0 Å². The van der Waals surface area contributed by atoms with E-state index in [1.54, 1.807) is 7.11 Å². The minimum Gasteiger partial charge on any atom is -0.493 e. The fourth-order valence-corrected chi connectivity index (χ4v) is 2.67. The zero-order chi connectivity index (χ0) is 15.5. The molecular formula is C17H26Cl2O2. The van der Waals surface area contributed by atoms with Gasteiger partial charge < -0.3 is 9.47 Å². The lowest BCUT2D eigenvalue weighted by Crippen LogP contribution is -2.01. The van der Waals surface area contributed by atoms with E-state index in [4.69, 9.17) is 32.7 Å². The van der Waals surface area contributed by atoms with E-state index in [0.717, 1.165) is 12.0 Å². The second-order valence-corrected chi connectivity index (χ2v) is 5.89. The fraction of sp³-hybridized carbons (Fsp3) is 0.647. The van der Waals surface area contributed by atoms with Crippen LogP contribution in [0.3, 0.4) is 0 Å². The first-order chi connectivity index (χ1) is 10.2. The summed E-state index contributed by atoms with van der Waals surface area (Å²) < 4.78 is 11.1. The van der Waals surface area contributed by atoms with E-state index in [2.05, 4.69) is 6.92 Å². The summed E-state index contributed by atoms with van der Waals surface area (Å²) in [5, 5.41) is 0.563. The van der Waals surface area contributed by atoms with Gasteiger partial charge in [0.1, 0.15) is 0 Å². The van der Waals surface area contributed by atoms with Crippen LogP contribution in [0.2, 0.25) is 5.02 Å². The first-order valence-corrected chi connectivity index (χ1v) is 8.69. The quantitative estimate of drug-likeness (QED) is 0.354. The van der Waals surface area contributed by atoms with Crippen LogP contribution in [0.1, 0.15) is 57.4 Å². The molecule has 1 aromatic carbocycles. The molecule has 0 fully saturated rings. The average Bonchev–Trinajstić information content (AvgIpc) is 2.50. The van der Waals surface area contributed by atoms with Crippen molar-refractivity contribution in [1.82, 2.24) is 0 Å². The lowest BCUT2D eigenvalue weighted by atomic mass is 10.1. The topological polar surface area (TPSA) is 18.5 Å². The van der Waals surface area contributed by atoms with Crippen LogP contribution in [0.4, 0.5) is 0 Å². The summed E-state index contributed by atoms with van der Waals surface area (Å²) in [5.41, 5.74) is 0.932. The summed E-state index contributed by atoms with van der Waals surface area (Å²) in [6.07, 6.45) is 8.82. The minimum absolute atomic E-state index is 0.411. The monoisotopic (exact) mass is 332 g/mol. The van der Waals surface area contributed by atoms with E-state index >= 15 is 0 Å². The molecule has 21 heavy (non-hydrogen) atoms. The number of halogens is 2. The van der Waals surface area contributed by atoms with Crippen molar-refractivity contribution in [3.05, 3.63) is 22.7 Å². The summed E-state index contributed by atoms with van der Waals surface area (Å²) >= 11 is 12.0. The molecule has 1 rings (SSSR count). The molecule has 0 amide bonds. The van der Waals surface area contributed by atoms with E-state index in [0.29, 0.717) is 29.0 Å². The Morgan fingerprint density at radius 1 is 1.00 bits per heavy atom. The molecule has 0 aliphatic heterocycles. The molecule has 0 aliphatic carbocycles. The van der Waals surface area contributed by atoms with Crippen LogP contribution in [0.5, 0.6) is 11.5 Å². The smallest absolute Gasteiger partial charge is 0.179 e. The van der Waals surface area contributed by atoms with Gasteiger partial charge in [-0.3, -0.25) is 0 Å². The van der Waals surface area contributed by atoms with Crippen molar-refractivity contribution in [1.29, 1.82) is 0 Å². The highest BCUT2D eigenvalue weighted by Crippen LogP contribution is 2.36. The number of hydrogen-bond acceptors (Lipinski definition) is 2. The Bertz CT molecular complexity index is 408. The number of benzene rings is 1. The Balaban J connectivity index is 2.34. The number of alkyl halides is 1. The van der Waals surface area contributed by atoms with Crippen LogP contribution in [0.15, 0.2) is 12.1 Å². The molecular weight excluding hydrogens is 307 g/mol. The Kier molecular flexibility index (Phi) is 9.69. The molecule has 2 nitrogen and oxygen atoms in total. The molecule has 1 aromatic rings.